The van der Waals surface area contributed by atoms with Crippen molar-refractivity contribution in [2.24, 2.45) is 0 Å². The lowest BCUT2D eigenvalue weighted by Gasteiger charge is -2.38. The summed E-state index contributed by atoms with van der Waals surface area (Å²) >= 11 is 0. The molecule has 0 radical (unpaired) electrons. The first-order chi connectivity index (χ1) is 9.40. The van der Waals surface area contributed by atoms with Gasteiger partial charge in [-0.05, 0) is 52.4 Å². The van der Waals surface area contributed by atoms with Gasteiger partial charge in [-0.1, -0.05) is 11.1 Å². The van der Waals surface area contributed by atoms with Crippen LogP contribution in [0.4, 0.5) is 0 Å². The first-order valence-electron chi connectivity index (χ1n) is 7.71. The van der Waals surface area contributed by atoms with Crippen LogP contribution in [0.5, 0.6) is 0 Å². The number of hydrogen-bond donors (Lipinski definition) is 0. The van der Waals surface area contributed by atoms with Gasteiger partial charge in [0, 0.05) is 13.1 Å². The third-order valence-electron chi connectivity index (χ3n) is 5.27. The normalized spacial score (nSPS) is 30.8. The summed E-state index contributed by atoms with van der Waals surface area (Å²) in [5.74, 6) is 0.168. The van der Waals surface area contributed by atoms with Gasteiger partial charge in [0.2, 0.25) is 10.0 Å². The van der Waals surface area contributed by atoms with Crippen molar-refractivity contribution in [3.63, 3.8) is 0 Å². The lowest BCUT2D eigenvalue weighted by Crippen LogP contribution is -2.42. The maximum Gasteiger partial charge on any atom is 0.216 e. The average Bonchev–Trinajstić information content (AvgIpc) is 2.76. The van der Waals surface area contributed by atoms with Crippen molar-refractivity contribution in [3.05, 3.63) is 11.1 Å². The van der Waals surface area contributed by atoms with Gasteiger partial charge in [-0.15, -0.1) is 0 Å². The van der Waals surface area contributed by atoms with Crippen LogP contribution in [-0.2, 0) is 14.8 Å². The number of sulfonamides is 1. The van der Waals surface area contributed by atoms with E-state index in [1.165, 1.54) is 17.6 Å². The van der Waals surface area contributed by atoms with Gasteiger partial charge in [0.25, 0.3) is 0 Å². The van der Waals surface area contributed by atoms with Gasteiger partial charge in [-0.2, -0.15) is 4.31 Å². The van der Waals surface area contributed by atoms with Crippen LogP contribution in [0, 0.1) is 0 Å². The average molecular weight is 299 g/mol. The van der Waals surface area contributed by atoms with Crippen molar-refractivity contribution in [1.82, 2.24) is 4.31 Å². The van der Waals surface area contributed by atoms with E-state index in [4.69, 9.17) is 4.74 Å². The molecular formula is C15H25NO3S. The number of nitrogens with zero attached hydrogens (tertiary/aromatic N) is 1. The monoisotopic (exact) mass is 299 g/mol. The Morgan fingerprint density at radius 3 is 2.55 bits per heavy atom. The van der Waals surface area contributed by atoms with E-state index in [2.05, 4.69) is 6.92 Å². The van der Waals surface area contributed by atoms with E-state index in [1.54, 1.807) is 4.31 Å². The summed E-state index contributed by atoms with van der Waals surface area (Å²) < 4.78 is 32.8. The van der Waals surface area contributed by atoms with Crippen LogP contribution < -0.4 is 0 Å². The summed E-state index contributed by atoms with van der Waals surface area (Å²) in [6.45, 7) is 5.32. The Labute approximate surface area is 122 Å². The van der Waals surface area contributed by atoms with Gasteiger partial charge < -0.3 is 4.74 Å². The van der Waals surface area contributed by atoms with Crippen molar-refractivity contribution in [2.75, 3.05) is 18.8 Å². The predicted octanol–water partition coefficient (Wildman–Crippen LogP) is 2.46. The van der Waals surface area contributed by atoms with Gasteiger partial charge in [0.1, 0.15) is 0 Å². The predicted molar refractivity (Wildman–Crippen MR) is 79.0 cm³/mol. The van der Waals surface area contributed by atoms with Gasteiger partial charge in [-0.25, -0.2) is 8.42 Å². The summed E-state index contributed by atoms with van der Waals surface area (Å²) in [6, 6.07) is 0. The van der Waals surface area contributed by atoms with Crippen LogP contribution >= 0.6 is 0 Å². The molecule has 114 valence electrons. The smallest absolute Gasteiger partial charge is 0.216 e. The summed E-state index contributed by atoms with van der Waals surface area (Å²) in [5, 5.41) is 0. The molecule has 5 heteroatoms. The Kier molecular flexibility index (Phi) is 3.72. The largest absolute Gasteiger partial charge is 0.371 e. The van der Waals surface area contributed by atoms with Gasteiger partial charge >= 0.3 is 0 Å². The Bertz CT molecular complexity index is 519. The van der Waals surface area contributed by atoms with Crippen LogP contribution in [0.15, 0.2) is 11.1 Å². The fraction of sp³-hybridized carbons (Fsp3) is 0.867. The van der Waals surface area contributed by atoms with Gasteiger partial charge in [0.05, 0.1) is 17.5 Å². The second-order valence-corrected chi connectivity index (χ2v) is 8.75. The van der Waals surface area contributed by atoms with Crippen LogP contribution in [0.3, 0.4) is 0 Å². The van der Waals surface area contributed by atoms with Crippen molar-refractivity contribution in [2.45, 2.75) is 64.1 Å². The third-order valence-corrected chi connectivity index (χ3v) is 7.16. The highest BCUT2D eigenvalue weighted by atomic mass is 32.2. The quantitative estimate of drug-likeness (QED) is 0.752. The molecule has 1 atom stereocenters. The molecule has 1 unspecified atom stereocenters. The molecular weight excluding hydrogens is 274 g/mol. The molecule has 0 aromatic rings. The van der Waals surface area contributed by atoms with E-state index in [0.29, 0.717) is 13.1 Å². The molecule has 3 aliphatic rings. The number of rotatable bonds is 3. The van der Waals surface area contributed by atoms with Crippen molar-refractivity contribution >= 4 is 10.0 Å². The standard InChI is InChI=1S/C15H25NO3S/c1-12-5-9-16(10-13(12)2)20(17,18)11-14-4-8-15(19-14)6-3-7-15/h14H,3-11H2,1-2H3. The van der Waals surface area contributed by atoms with Crippen LogP contribution in [0.25, 0.3) is 0 Å². The van der Waals surface area contributed by atoms with Crippen molar-refractivity contribution < 1.29 is 13.2 Å². The number of hydrogen-bond acceptors (Lipinski definition) is 3. The molecule has 0 N–H and O–H groups in total. The second-order valence-electron chi connectivity index (χ2n) is 6.74. The van der Waals surface area contributed by atoms with Crippen molar-refractivity contribution in [1.29, 1.82) is 0 Å². The third kappa shape index (κ3) is 2.68. The Morgan fingerprint density at radius 2 is 2.00 bits per heavy atom. The highest BCUT2D eigenvalue weighted by molar-refractivity contribution is 7.89. The molecule has 0 aromatic carbocycles. The van der Waals surface area contributed by atoms with E-state index in [0.717, 1.165) is 32.1 Å². The highest BCUT2D eigenvalue weighted by Crippen LogP contribution is 2.45. The minimum absolute atomic E-state index is 0.0501. The first-order valence-corrected chi connectivity index (χ1v) is 9.32. The lowest BCUT2D eigenvalue weighted by molar-refractivity contribution is -0.0843. The van der Waals surface area contributed by atoms with E-state index >= 15 is 0 Å². The Hall–Kier alpha value is -0.390. The molecule has 1 saturated heterocycles. The first kappa shape index (κ1) is 14.5. The van der Waals surface area contributed by atoms with E-state index < -0.39 is 10.0 Å². The maximum atomic E-state index is 12.5. The molecule has 2 aliphatic heterocycles. The molecule has 2 fully saturated rings. The molecule has 2 heterocycles. The Balaban J connectivity index is 1.62. The van der Waals surface area contributed by atoms with Crippen LogP contribution in [-0.4, -0.2) is 43.3 Å². The fourth-order valence-corrected chi connectivity index (χ4v) is 5.19. The van der Waals surface area contributed by atoms with E-state index in [1.807, 2.05) is 6.92 Å². The number of ether oxygens (including phenoxy) is 1. The Morgan fingerprint density at radius 1 is 1.25 bits per heavy atom. The summed E-state index contributed by atoms with van der Waals surface area (Å²) in [7, 11) is -3.18. The lowest BCUT2D eigenvalue weighted by atomic mass is 9.78. The molecule has 0 bridgehead atoms. The zero-order chi connectivity index (χ0) is 14.4. The molecule has 3 rings (SSSR count). The van der Waals surface area contributed by atoms with Crippen LogP contribution in [0.1, 0.15) is 52.4 Å². The van der Waals surface area contributed by atoms with E-state index in [-0.39, 0.29) is 17.5 Å². The van der Waals surface area contributed by atoms with Crippen LogP contribution in [0.2, 0.25) is 0 Å². The molecule has 1 aliphatic carbocycles. The highest BCUT2D eigenvalue weighted by Gasteiger charge is 2.46. The zero-order valence-corrected chi connectivity index (χ0v) is 13.3. The summed E-state index contributed by atoms with van der Waals surface area (Å²) in [4.78, 5) is 0. The maximum absolute atomic E-state index is 12.5. The zero-order valence-electron chi connectivity index (χ0n) is 12.5. The van der Waals surface area contributed by atoms with Crippen molar-refractivity contribution in [3.8, 4) is 0 Å². The topological polar surface area (TPSA) is 46.6 Å². The molecule has 20 heavy (non-hydrogen) atoms. The molecule has 0 amide bonds. The minimum Gasteiger partial charge on any atom is -0.371 e. The summed E-state index contributed by atoms with van der Waals surface area (Å²) in [5.41, 5.74) is 2.58. The second kappa shape index (κ2) is 5.11. The fourth-order valence-electron chi connectivity index (χ4n) is 3.51. The molecule has 0 aromatic heterocycles. The van der Waals surface area contributed by atoms with Gasteiger partial charge in [-0.3, -0.25) is 0 Å². The molecule has 1 spiro atoms. The molecule has 4 nitrogen and oxygen atoms in total. The van der Waals surface area contributed by atoms with Gasteiger partial charge in [0.15, 0.2) is 0 Å². The van der Waals surface area contributed by atoms with E-state index in [9.17, 15) is 8.42 Å². The summed E-state index contributed by atoms with van der Waals surface area (Å²) in [6.07, 6.45) is 6.19. The molecule has 1 saturated carbocycles. The SMILES string of the molecule is CC1=C(C)CN(S(=O)(=O)CC2CCC3(CCC3)O2)CC1. The minimum atomic E-state index is -3.18.